The van der Waals surface area contributed by atoms with Gasteiger partial charge < -0.3 is 15.1 Å². The zero-order valence-electron chi connectivity index (χ0n) is 16.2. The molecule has 2 heterocycles. The summed E-state index contributed by atoms with van der Waals surface area (Å²) in [5.74, 6) is -0.683. The van der Waals surface area contributed by atoms with Gasteiger partial charge in [-0.3, -0.25) is 14.9 Å². The Morgan fingerprint density at radius 1 is 1.31 bits per heavy atom. The van der Waals surface area contributed by atoms with Gasteiger partial charge in [0.2, 0.25) is 5.91 Å². The van der Waals surface area contributed by atoms with Gasteiger partial charge in [-0.05, 0) is 50.3 Å². The third-order valence-electron chi connectivity index (χ3n) is 6.19. The first-order valence-corrected chi connectivity index (χ1v) is 10.3. The Morgan fingerprint density at radius 3 is 2.66 bits per heavy atom. The van der Waals surface area contributed by atoms with Gasteiger partial charge in [-0.2, -0.15) is 0 Å². The number of anilines is 1. The number of benzene rings is 1. The van der Waals surface area contributed by atoms with Gasteiger partial charge in [0.15, 0.2) is 0 Å². The molecule has 1 aliphatic carbocycles. The zero-order valence-corrected chi connectivity index (χ0v) is 17.0. The van der Waals surface area contributed by atoms with Crippen molar-refractivity contribution in [2.24, 2.45) is 5.92 Å². The molecule has 7 nitrogen and oxygen atoms in total. The molecule has 2 aliphatic heterocycles. The summed E-state index contributed by atoms with van der Waals surface area (Å²) in [6, 6.07) is 4.21. The fourth-order valence-electron chi connectivity index (χ4n) is 4.44. The van der Waals surface area contributed by atoms with E-state index >= 15 is 0 Å². The lowest BCUT2D eigenvalue weighted by Gasteiger charge is -2.41. The van der Waals surface area contributed by atoms with E-state index in [4.69, 9.17) is 11.6 Å². The molecule has 1 aromatic rings. The highest BCUT2D eigenvalue weighted by Gasteiger charge is 2.55. The first-order valence-electron chi connectivity index (χ1n) is 9.93. The Balaban J connectivity index is 1.36. The quantitative estimate of drug-likeness (QED) is 0.713. The average Bonchev–Trinajstić information content (AvgIpc) is 3.48. The van der Waals surface area contributed by atoms with Crippen molar-refractivity contribution in [2.75, 3.05) is 24.5 Å². The molecule has 0 spiro atoms. The highest BCUT2D eigenvalue weighted by Crippen LogP contribution is 2.43. The van der Waals surface area contributed by atoms with Gasteiger partial charge in [0.1, 0.15) is 11.4 Å². The van der Waals surface area contributed by atoms with Gasteiger partial charge >= 0.3 is 6.03 Å². The third kappa shape index (κ3) is 3.77. The van der Waals surface area contributed by atoms with Crippen LogP contribution in [0.3, 0.4) is 0 Å². The first kappa shape index (κ1) is 19.9. The Morgan fingerprint density at radius 2 is 2.07 bits per heavy atom. The monoisotopic (exact) mass is 422 g/mol. The van der Waals surface area contributed by atoms with Crippen LogP contribution >= 0.6 is 11.6 Å². The Bertz CT molecular complexity index is 862. The second-order valence-corrected chi connectivity index (χ2v) is 8.54. The zero-order chi connectivity index (χ0) is 20.8. The lowest BCUT2D eigenvalue weighted by Crippen LogP contribution is -2.54. The molecule has 9 heteroatoms. The van der Waals surface area contributed by atoms with Crippen molar-refractivity contribution in [3.63, 3.8) is 0 Å². The summed E-state index contributed by atoms with van der Waals surface area (Å²) >= 11 is 5.90. The minimum absolute atomic E-state index is 0.0254. The van der Waals surface area contributed by atoms with E-state index in [0.29, 0.717) is 26.1 Å². The van der Waals surface area contributed by atoms with E-state index in [2.05, 4.69) is 15.5 Å². The molecule has 0 bridgehead atoms. The minimum Gasteiger partial charge on any atom is -0.365 e. The van der Waals surface area contributed by atoms with Crippen LogP contribution in [0, 0.1) is 11.7 Å². The standard InChI is InChI=1S/C20H24ClFN4O3/c1-12-11-25(8-9-26(12)14-4-5-16(22)15(21)10-14)17(27)6-7-20(13-2-3-13)18(28)23-19(29)24-20/h4-5,10,12-13H,2-3,6-9,11H2,1H3,(H2,23,24,28,29)/t12-,20?/m0/s1. The van der Waals surface area contributed by atoms with Crippen LogP contribution in [0.1, 0.15) is 32.6 Å². The van der Waals surface area contributed by atoms with Crippen molar-refractivity contribution in [2.45, 2.75) is 44.2 Å². The molecule has 0 radical (unpaired) electrons. The number of rotatable bonds is 5. The van der Waals surface area contributed by atoms with Crippen molar-refractivity contribution < 1.29 is 18.8 Å². The molecule has 0 aromatic heterocycles. The number of nitrogens with zero attached hydrogens (tertiary/aromatic N) is 2. The van der Waals surface area contributed by atoms with Crippen LogP contribution in [0.4, 0.5) is 14.9 Å². The Kier molecular flexibility index (Phi) is 5.14. The van der Waals surface area contributed by atoms with Crippen LogP contribution in [-0.4, -0.2) is 54.0 Å². The predicted molar refractivity (Wildman–Crippen MR) is 106 cm³/mol. The predicted octanol–water partition coefficient (Wildman–Crippen LogP) is 2.28. The molecule has 156 valence electrons. The fraction of sp³-hybridized carbons (Fsp3) is 0.550. The normalized spacial score (nSPS) is 27.1. The van der Waals surface area contributed by atoms with Crippen molar-refractivity contribution >= 4 is 35.1 Å². The maximum atomic E-state index is 13.4. The van der Waals surface area contributed by atoms with Crippen molar-refractivity contribution in [3.05, 3.63) is 29.0 Å². The summed E-state index contributed by atoms with van der Waals surface area (Å²) in [5.41, 5.74) is -0.112. The molecule has 1 saturated carbocycles. The summed E-state index contributed by atoms with van der Waals surface area (Å²) in [7, 11) is 0. The third-order valence-corrected chi connectivity index (χ3v) is 6.48. The number of imide groups is 1. The molecule has 1 aromatic carbocycles. The van der Waals surface area contributed by atoms with E-state index in [9.17, 15) is 18.8 Å². The molecule has 4 rings (SSSR count). The highest BCUT2D eigenvalue weighted by atomic mass is 35.5. The second-order valence-electron chi connectivity index (χ2n) is 8.13. The molecule has 2 atom stereocenters. The average molecular weight is 423 g/mol. The lowest BCUT2D eigenvalue weighted by atomic mass is 9.87. The smallest absolute Gasteiger partial charge is 0.322 e. The fourth-order valence-corrected chi connectivity index (χ4v) is 4.62. The van der Waals surface area contributed by atoms with Gasteiger partial charge in [0, 0.05) is 37.8 Å². The Labute approximate surface area is 173 Å². The van der Waals surface area contributed by atoms with E-state index in [0.717, 1.165) is 18.5 Å². The Hall–Kier alpha value is -2.35. The molecule has 2 saturated heterocycles. The second kappa shape index (κ2) is 7.48. The van der Waals surface area contributed by atoms with Gasteiger partial charge in [-0.15, -0.1) is 0 Å². The first-order chi connectivity index (χ1) is 13.8. The molecule has 1 unspecified atom stereocenters. The molecule has 3 fully saturated rings. The van der Waals surface area contributed by atoms with Crippen LogP contribution < -0.4 is 15.5 Å². The summed E-state index contributed by atoms with van der Waals surface area (Å²) in [5, 5.41) is 5.16. The number of hydrogen-bond donors (Lipinski definition) is 2. The van der Waals surface area contributed by atoms with E-state index in [1.807, 2.05) is 6.92 Å². The van der Waals surface area contributed by atoms with Crippen molar-refractivity contribution in [1.29, 1.82) is 0 Å². The molecular formula is C20H24ClFN4O3. The maximum absolute atomic E-state index is 13.4. The number of piperazine rings is 1. The van der Waals surface area contributed by atoms with E-state index < -0.39 is 17.4 Å². The van der Waals surface area contributed by atoms with Crippen LogP contribution in [-0.2, 0) is 9.59 Å². The molecule has 2 N–H and O–H groups in total. The molecule has 3 aliphatic rings. The van der Waals surface area contributed by atoms with E-state index in [-0.39, 0.29) is 35.2 Å². The van der Waals surface area contributed by atoms with Crippen molar-refractivity contribution in [1.82, 2.24) is 15.5 Å². The van der Waals surface area contributed by atoms with Gasteiger partial charge in [-0.25, -0.2) is 9.18 Å². The number of hydrogen-bond acceptors (Lipinski definition) is 4. The summed E-state index contributed by atoms with van der Waals surface area (Å²) in [4.78, 5) is 40.7. The van der Waals surface area contributed by atoms with Crippen LogP contribution in [0.25, 0.3) is 0 Å². The van der Waals surface area contributed by atoms with Gasteiger partial charge in [0.25, 0.3) is 5.91 Å². The number of amides is 4. The van der Waals surface area contributed by atoms with E-state index in [1.165, 1.54) is 6.07 Å². The lowest BCUT2D eigenvalue weighted by molar-refractivity contribution is -0.133. The molecule has 4 amide bonds. The highest BCUT2D eigenvalue weighted by molar-refractivity contribution is 6.31. The van der Waals surface area contributed by atoms with Gasteiger partial charge in [-0.1, -0.05) is 11.6 Å². The largest absolute Gasteiger partial charge is 0.365 e. The van der Waals surface area contributed by atoms with Crippen LogP contribution in [0.15, 0.2) is 18.2 Å². The number of urea groups is 1. The van der Waals surface area contributed by atoms with Crippen LogP contribution in [0.5, 0.6) is 0 Å². The molecule has 29 heavy (non-hydrogen) atoms. The number of carbonyl (C=O) groups is 3. The summed E-state index contributed by atoms with van der Waals surface area (Å²) in [6.45, 7) is 3.68. The van der Waals surface area contributed by atoms with Gasteiger partial charge in [0.05, 0.1) is 5.02 Å². The van der Waals surface area contributed by atoms with Crippen LogP contribution in [0.2, 0.25) is 5.02 Å². The number of halogens is 2. The summed E-state index contributed by atoms with van der Waals surface area (Å²) < 4.78 is 13.4. The minimum atomic E-state index is -0.939. The SMILES string of the molecule is C[C@H]1CN(C(=O)CCC2(C3CC3)NC(=O)NC2=O)CCN1c1ccc(F)c(Cl)c1. The number of nitrogens with one attached hydrogen (secondary N) is 2. The maximum Gasteiger partial charge on any atom is 0.322 e. The van der Waals surface area contributed by atoms with E-state index in [1.54, 1.807) is 17.0 Å². The molecular weight excluding hydrogens is 399 g/mol. The number of carbonyl (C=O) groups excluding carboxylic acids is 3. The van der Waals surface area contributed by atoms with Crippen molar-refractivity contribution in [3.8, 4) is 0 Å². The summed E-state index contributed by atoms with van der Waals surface area (Å²) in [6.07, 6.45) is 2.30. The topological polar surface area (TPSA) is 81.8 Å².